The Kier molecular flexibility index (Phi) is 3.54. The molecular formula is C19H21NO. The van der Waals surface area contributed by atoms with E-state index in [2.05, 4.69) is 29.2 Å². The van der Waals surface area contributed by atoms with Crippen molar-refractivity contribution in [3.8, 4) is 0 Å². The molecular weight excluding hydrogens is 258 g/mol. The number of nitrogens with zero attached hydrogens (tertiary/aromatic N) is 1. The molecule has 2 atom stereocenters. The van der Waals surface area contributed by atoms with Crippen LogP contribution in [0.5, 0.6) is 0 Å². The highest BCUT2D eigenvalue weighted by Crippen LogP contribution is 2.49. The van der Waals surface area contributed by atoms with Crippen molar-refractivity contribution >= 4 is 11.5 Å². The maximum Gasteiger partial charge on any atom is 0.166 e. The van der Waals surface area contributed by atoms with E-state index in [0.29, 0.717) is 5.92 Å². The normalized spacial score (nSPS) is 20.1. The van der Waals surface area contributed by atoms with Crippen molar-refractivity contribution in [2.24, 2.45) is 5.92 Å². The van der Waals surface area contributed by atoms with Gasteiger partial charge in [0.1, 0.15) is 0 Å². The second-order valence-electron chi connectivity index (χ2n) is 6.16. The predicted molar refractivity (Wildman–Crippen MR) is 87.1 cm³/mol. The van der Waals surface area contributed by atoms with Gasteiger partial charge in [0.15, 0.2) is 5.78 Å². The molecule has 0 aromatic heterocycles. The summed E-state index contributed by atoms with van der Waals surface area (Å²) >= 11 is 0. The minimum atomic E-state index is 0.165. The Balaban J connectivity index is 1.71. The summed E-state index contributed by atoms with van der Waals surface area (Å²) in [4.78, 5) is 14.6. The Morgan fingerprint density at radius 1 is 1.00 bits per heavy atom. The predicted octanol–water partition coefficient (Wildman–Crippen LogP) is 4.05. The van der Waals surface area contributed by atoms with Crippen LogP contribution in [0.1, 0.15) is 33.8 Å². The summed E-state index contributed by atoms with van der Waals surface area (Å²) in [5.74, 6) is 0.851. The molecule has 0 bridgehead atoms. The monoisotopic (exact) mass is 279 g/mol. The van der Waals surface area contributed by atoms with Crippen molar-refractivity contribution in [1.29, 1.82) is 0 Å². The van der Waals surface area contributed by atoms with Gasteiger partial charge in [-0.2, -0.15) is 0 Å². The standard InChI is InChI=1S/C19H21NO/c1-13-4-6-15(7-5-13)19(21)18-12-17(18)14-8-10-16(11-9-14)20(2)3/h4-11,17-18H,12H2,1-3H3. The van der Waals surface area contributed by atoms with Crippen molar-refractivity contribution in [1.82, 2.24) is 0 Å². The van der Waals surface area contributed by atoms with Gasteiger partial charge in [0.05, 0.1) is 0 Å². The average Bonchev–Trinajstić information content (AvgIpc) is 3.28. The van der Waals surface area contributed by atoms with Crippen LogP contribution in [0.4, 0.5) is 5.69 Å². The van der Waals surface area contributed by atoms with E-state index in [9.17, 15) is 4.79 Å². The van der Waals surface area contributed by atoms with Gasteiger partial charge in [-0.05, 0) is 37.0 Å². The lowest BCUT2D eigenvalue weighted by Gasteiger charge is -2.12. The third kappa shape index (κ3) is 2.85. The molecule has 3 rings (SSSR count). The summed E-state index contributed by atoms with van der Waals surface area (Å²) in [6.45, 7) is 2.04. The van der Waals surface area contributed by atoms with Gasteiger partial charge in [0.25, 0.3) is 0 Å². The molecule has 1 saturated carbocycles. The van der Waals surface area contributed by atoms with Crippen LogP contribution < -0.4 is 4.90 Å². The fraction of sp³-hybridized carbons (Fsp3) is 0.316. The Morgan fingerprint density at radius 2 is 1.62 bits per heavy atom. The summed E-state index contributed by atoms with van der Waals surface area (Å²) in [6.07, 6.45) is 0.980. The molecule has 0 spiro atoms. The molecule has 2 unspecified atom stereocenters. The topological polar surface area (TPSA) is 20.3 Å². The number of anilines is 1. The van der Waals surface area contributed by atoms with Gasteiger partial charge in [0.2, 0.25) is 0 Å². The van der Waals surface area contributed by atoms with E-state index in [1.807, 2.05) is 45.3 Å². The minimum absolute atomic E-state index is 0.165. The summed E-state index contributed by atoms with van der Waals surface area (Å²) in [5, 5.41) is 0. The SMILES string of the molecule is Cc1ccc(C(=O)C2CC2c2ccc(N(C)C)cc2)cc1. The summed E-state index contributed by atoms with van der Waals surface area (Å²) in [7, 11) is 4.08. The van der Waals surface area contributed by atoms with Gasteiger partial charge >= 0.3 is 0 Å². The molecule has 21 heavy (non-hydrogen) atoms. The highest BCUT2D eigenvalue weighted by Gasteiger charge is 2.43. The first-order valence-corrected chi connectivity index (χ1v) is 7.44. The Morgan fingerprint density at radius 3 is 2.19 bits per heavy atom. The van der Waals surface area contributed by atoms with Crippen LogP contribution in [0, 0.1) is 12.8 Å². The van der Waals surface area contributed by atoms with E-state index in [4.69, 9.17) is 0 Å². The van der Waals surface area contributed by atoms with Crippen LogP contribution in [0.15, 0.2) is 48.5 Å². The maximum atomic E-state index is 12.5. The lowest BCUT2D eigenvalue weighted by Crippen LogP contribution is -2.08. The molecule has 2 heteroatoms. The molecule has 2 aromatic rings. The van der Waals surface area contributed by atoms with Crippen LogP contribution in [-0.2, 0) is 0 Å². The minimum Gasteiger partial charge on any atom is -0.378 e. The molecule has 0 radical (unpaired) electrons. The van der Waals surface area contributed by atoms with Gasteiger partial charge < -0.3 is 4.90 Å². The zero-order chi connectivity index (χ0) is 15.0. The molecule has 0 aliphatic heterocycles. The summed E-state index contributed by atoms with van der Waals surface area (Å²) < 4.78 is 0. The lowest BCUT2D eigenvalue weighted by molar-refractivity contribution is 0.0965. The number of hydrogen-bond donors (Lipinski definition) is 0. The molecule has 0 heterocycles. The molecule has 0 N–H and O–H groups in total. The van der Waals surface area contributed by atoms with Gasteiger partial charge in [-0.15, -0.1) is 0 Å². The van der Waals surface area contributed by atoms with Crippen molar-refractivity contribution < 1.29 is 4.79 Å². The number of hydrogen-bond acceptors (Lipinski definition) is 2. The molecule has 1 fully saturated rings. The van der Waals surface area contributed by atoms with Crippen molar-refractivity contribution in [2.75, 3.05) is 19.0 Å². The molecule has 108 valence electrons. The molecule has 2 nitrogen and oxygen atoms in total. The van der Waals surface area contributed by atoms with Crippen LogP contribution in [-0.4, -0.2) is 19.9 Å². The smallest absolute Gasteiger partial charge is 0.166 e. The first-order valence-electron chi connectivity index (χ1n) is 7.44. The number of aryl methyl sites for hydroxylation is 1. The largest absolute Gasteiger partial charge is 0.378 e. The fourth-order valence-corrected chi connectivity index (χ4v) is 2.80. The van der Waals surface area contributed by atoms with Gasteiger partial charge in [-0.25, -0.2) is 0 Å². The van der Waals surface area contributed by atoms with Gasteiger partial charge in [-0.1, -0.05) is 42.0 Å². The number of carbonyl (C=O) groups excluding carboxylic acids is 1. The third-order valence-electron chi connectivity index (χ3n) is 4.30. The van der Waals surface area contributed by atoms with Gasteiger partial charge in [-0.3, -0.25) is 4.79 Å². The van der Waals surface area contributed by atoms with Crippen LogP contribution in [0.2, 0.25) is 0 Å². The second-order valence-corrected chi connectivity index (χ2v) is 6.16. The fourth-order valence-electron chi connectivity index (χ4n) is 2.80. The number of Topliss-reactive ketones (excluding diaryl/α,β-unsaturated/α-hetero) is 1. The van der Waals surface area contributed by atoms with Gasteiger partial charge in [0, 0.05) is 31.3 Å². The molecule has 0 saturated heterocycles. The van der Waals surface area contributed by atoms with Crippen molar-refractivity contribution in [3.63, 3.8) is 0 Å². The van der Waals surface area contributed by atoms with E-state index in [-0.39, 0.29) is 11.7 Å². The maximum absolute atomic E-state index is 12.5. The van der Waals surface area contributed by atoms with Crippen LogP contribution in [0.25, 0.3) is 0 Å². The highest BCUT2D eigenvalue weighted by atomic mass is 16.1. The quantitative estimate of drug-likeness (QED) is 0.787. The number of rotatable bonds is 4. The Bertz CT molecular complexity index is 640. The number of benzene rings is 2. The van der Waals surface area contributed by atoms with E-state index in [0.717, 1.165) is 12.0 Å². The number of ketones is 1. The Hall–Kier alpha value is -2.09. The zero-order valence-electron chi connectivity index (χ0n) is 12.8. The molecule has 1 aliphatic carbocycles. The van der Waals surface area contributed by atoms with Crippen molar-refractivity contribution in [2.45, 2.75) is 19.3 Å². The first kappa shape index (κ1) is 13.9. The molecule has 2 aromatic carbocycles. The Labute approximate surface area is 126 Å². The number of carbonyl (C=O) groups is 1. The average molecular weight is 279 g/mol. The van der Waals surface area contributed by atoms with Crippen LogP contribution >= 0.6 is 0 Å². The van der Waals surface area contributed by atoms with Crippen molar-refractivity contribution in [3.05, 3.63) is 65.2 Å². The van der Waals surface area contributed by atoms with Crippen LogP contribution in [0.3, 0.4) is 0 Å². The third-order valence-corrected chi connectivity index (χ3v) is 4.30. The van der Waals surface area contributed by atoms with E-state index in [1.54, 1.807) is 0 Å². The summed E-state index contributed by atoms with van der Waals surface area (Å²) in [6, 6.07) is 16.5. The van der Waals surface area contributed by atoms with E-state index < -0.39 is 0 Å². The summed E-state index contributed by atoms with van der Waals surface area (Å²) in [5.41, 5.74) is 4.52. The first-order chi connectivity index (χ1) is 10.1. The highest BCUT2D eigenvalue weighted by molar-refractivity contribution is 6.00. The lowest BCUT2D eigenvalue weighted by atomic mass is 10.0. The second kappa shape index (κ2) is 5.36. The molecule has 0 amide bonds. The molecule has 1 aliphatic rings. The van der Waals surface area contributed by atoms with E-state index in [1.165, 1.54) is 16.8 Å². The zero-order valence-corrected chi connectivity index (χ0v) is 12.8. The van der Waals surface area contributed by atoms with E-state index >= 15 is 0 Å².